The van der Waals surface area contributed by atoms with Crippen molar-refractivity contribution in [3.63, 3.8) is 0 Å². The molecular weight excluding hydrogens is 482 g/mol. The Morgan fingerprint density at radius 3 is 2.56 bits per heavy atom. The first-order valence-electron chi connectivity index (χ1n) is 11.0. The molecule has 10 heteroatoms. The van der Waals surface area contributed by atoms with Gasteiger partial charge in [0.25, 0.3) is 5.56 Å². The van der Waals surface area contributed by atoms with Crippen molar-refractivity contribution >= 4 is 45.1 Å². The third-order valence-electron chi connectivity index (χ3n) is 5.62. The number of carbonyl (C=O) groups is 3. The van der Waals surface area contributed by atoms with Gasteiger partial charge in [0.1, 0.15) is 22.4 Å². The van der Waals surface area contributed by atoms with Crippen LogP contribution in [0, 0.1) is 6.92 Å². The van der Waals surface area contributed by atoms with Crippen LogP contribution in [0.5, 0.6) is 0 Å². The topological polar surface area (TPSA) is 117 Å². The monoisotopic (exact) mass is 505 g/mol. The predicted molar refractivity (Wildman–Crippen MR) is 135 cm³/mol. The van der Waals surface area contributed by atoms with Crippen molar-refractivity contribution in [1.29, 1.82) is 0 Å². The first-order chi connectivity index (χ1) is 17.3. The van der Waals surface area contributed by atoms with Crippen LogP contribution in [0.2, 0.25) is 0 Å². The summed E-state index contributed by atoms with van der Waals surface area (Å²) in [6.45, 7) is 3.33. The molecule has 4 aromatic rings. The number of benzene rings is 2. The number of carbonyl (C=O) groups excluding carboxylic acids is 3. The molecule has 0 bridgehead atoms. The Morgan fingerprint density at radius 2 is 1.83 bits per heavy atom. The van der Waals surface area contributed by atoms with Crippen molar-refractivity contribution < 1.29 is 23.9 Å². The number of nitrogens with zero attached hydrogens (tertiary/aromatic N) is 2. The van der Waals surface area contributed by atoms with Gasteiger partial charge in [0.2, 0.25) is 5.91 Å². The molecule has 36 heavy (non-hydrogen) atoms. The highest BCUT2D eigenvalue weighted by molar-refractivity contribution is 7.20. The molecule has 0 aliphatic rings. The average Bonchev–Trinajstić information content (AvgIpc) is 3.24. The zero-order chi connectivity index (χ0) is 25.8. The molecule has 1 unspecified atom stereocenters. The van der Waals surface area contributed by atoms with Crippen molar-refractivity contribution in [1.82, 2.24) is 9.55 Å². The number of methoxy groups -OCH3 is 1. The number of hydrogen-bond donors (Lipinski definition) is 1. The molecule has 9 nitrogen and oxygen atoms in total. The molecule has 2 aromatic heterocycles. The fraction of sp³-hybridized carbons (Fsp3) is 0.192. The molecule has 2 heterocycles. The fourth-order valence-electron chi connectivity index (χ4n) is 3.61. The summed E-state index contributed by atoms with van der Waals surface area (Å²) in [5.41, 5.74) is 1.53. The smallest absolute Gasteiger partial charge is 0.349 e. The van der Waals surface area contributed by atoms with Gasteiger partial charge < -0.3 is 14.8 Å². The Labute approximate surface area is 210 Å². The maximum Gasteiger partial charge on any atom is 0.349 e. The van der Waals surface area contributed by atoms with E-state index in [0.29, 0.717) is 21.0 Å². The van der Waals surface area contributed by atoms with E-state index in [4.69, 9.17) is 9.47 Å². The van der Waals surface area contributed by atoms with E-state index in [1.807, 2.05) is 30.3 Å². The van der Waals surface area contributed by atoms with E-state index in [2.05, 4.69) is 10.3 Å². The molecule has 0 aliphatic carbocycles. The molecule has 184 valence electrons. The van der Waals surface area contributed by atoms with Crippen LogP contribution >= 0.6 is 11.3 Å². The second-order valence-electron chi connectivity index (χ2n) is 7.99. The Bertz CT molecular complexity index is 1510. The van der Waals surface area contributed by atoms with E-state index in [0.717, 1.165) is 16.9 Å². The van der Waals surface area contributed by atoms with E-state index in [1.165, 1.54) is 24.1 Å². The lowest BCUT2D eigenvalue weighted by molar-refractivity contribution is -0.118. The van der Waals surface area contributed by atoms with Crippen LogP contribution < -0.4 is 10.9 Å². The van der Waals surface area contributed by atoms with E-state index in [9.17, 15) is 19.2 Å². The number of aryl methyl sites for hydroxylation is 1. The number of thiophene rings is 1. The highest BCUT2D eigenvalue weighted by atomic mass is 32.1. The number of hydrogen-bond acceptors (Lipinski definition) is 8. The van der Waals surface area contributed by atoms with Crippen LogP contribution in [-0.2, 0) is 20.9 Å². The third kappa shape index (κ3) is 5.03. The standard InChI is InChI=1S/C26H23N3O6S/c1-15-20-23(36-21(15)26(33)35-13-17-8-5-4-6-9-17)27-14-29(24(20)31)16(2)22(30)28-19-11-7-10-18(12-19)25(32)34-3/h4-12,14,16H,13H2,1-3H3,(H,28,30). The van der Waals surface area contributed by atoms with Crippen LogP contribution in [0.4, 0.5) is 5.69 Å². The highest BCUT2D eigenvalue weighted by Crippen LogP contribution is 2.28. The first kappa shape index (κ1) is 24.8. The minimum absolute atomic E-state index is 0.111. The van der Waals surface area contributed by atoms with Crippen molar-refractivity contribution in [2.75, 3.05) is 12.4 Å². The summed E-state index contributed by atoms with van der Waals surface area (Å²) in [5.74, 6) is -1.55. The number of amides is 1. The summed E-state index contributed by atoms with van der Waals surface area (Å²) in [7, 11) is 1.27. The van der Waals surface area contributed by atoms with Crippen molar-refractivity contribution in [2.24, 2.45) is 0 Å². The minimum atomic E-state index is -0.913. The molecule has 0 saturated carbocycles. The number of esters is 2. The molecule has 0 saturated heterocycles. The van der Waals surface area contributed by atoms with E-state index in [-0.39, 0.29) is 17.6 Å². The van der Waals surface area contributed by atoms with Crippen LogP contribution in [0.25, 0.3) is 10.2 Å². The highest BCUT2D eigenvalue weighted by Gasteiger charge is 2.24. The summed E-state index contributed by atoms with van der Waals surface area (Å²) in [6.07, 6.45) is 1.29. The third-order valence-corrected chi connectivity index (χ3v) is 6.80. The van der Waals surface area contributed by atoms with Crippen molar-refractivity contribution in [3.05, 3.63) is 92.8 Å². The predicted octanol–water partition coefficient (Wildman–Crippen LogP) is 4.11. The second kappa shape index (κ2) is 10.5. The van der Waals surface area contributed by atoms with Crippen LogP contribution in [0.1, 0.15) is 44.1 Å². The van der Waals surface area contributed by atoms with Crippen molar-refractivity contribution in [3.8, 4) is 0 Å². The lowest BCUT2D eigenvalue weighted by Gasteiger charge is -2.15. The normalized spacial score (nSPS) is 11.6. The molecule has 1 N–H and O–H groups in total. The van der Waals surface area contributed by atoms with Gasteiger partial charge in [0.15, 0.2) is 0 Å². The Morgan fingerprint density at radius 1 is 1.08 bits per heavy atom. The molecule has 0 fully saturated rings. The van der Waals surface area contributed by atoms with E-state index < -0.39 is 29.4 Å². The van der Waals surface area contributed by atoms with E-state index in [1.54, 1.807) is 32.0 Å². The van der Waals surface area contributed by atoms with Crippen LogP contribution in [0.3, 0.4) is 0 Å². The largest absolute Gasteiger partial charge is 0.465 e. The lowest BCUT2D eigenvalue weighted by Crippen LogP contribution is -2.31. The Balaban J connectivity index is 1.55. The maximum atomic E-state index is 13.3. The van der Waals surface area contributed by atoms with E-state index >= 15 is 0 Å². The zero-order valence-electron chi connectivity index (χ0n) is 19.8. The number of ether oxygens (including phenoxy) is 2. The average molecular weight is 506 g/mol. The number of anilines is 1. The Hall–Kier alpha value is -4.31. The van der Waals surface area contributed by atoms with Gasteiger partial charge in [-0.05, 0) is 43.2 Å². The molecule has 2 aromatic carbocycles. The quantitative estimate of drug-likeness (QED) is 0.376. The number of nitrogens with one attached hydrogen (secondary N) is 1. The van der Waals surface area contributed by atoms with Gasteiger partial charge in [0, 0.05) is 5.69 Å². The van der Waals surface area contributed by atoms with Gasteiger partial charge in [-0.2, -0.15) is 0 Å². The molecule has 0 aliphatic heterocycles. The van der Waals surface area contributed by atoms with Gasteiger partial charge in [-0.1, -0.05) is 36.4 Å². The molecular formula is C26H23N3O6S. The molecule has 1 atom stereocenters. The second-order valence-corrected chi connectivity index (χ2v) is 8.99. The van der Waals surface area contributed by atoms with Gasteiger partial charge in [0.05, 0.1) is 24.4 Å². The first-order valence-corrected chi connectivity index (χ1v) is 11.8. The SMILES string of the molecule is COC(=O)c1cccc(NC(=O)C(C)n2cnc3sc(C(=O)OCc4ccccc4)c(C)c3c2=O)c1. The molecule has 1 amide bonds. The summed E-state index contributed by atoms with van der Waals surface area (Å²) >= 11 is 1.08. The van der Waals surface area contributed by atoms with Gasteiger partial charge in [-0.15, -0.1) is 11.3 Å². The molecule has 0 spiro atoms. The number of aromatic nitrogens is 2. The fourth-order valence-corrected chi connectivity index (χ4v) is 4.64. The van der Waals surface area contributed by atoms with Gasteiger partial charge in [-0.25, -0.2) is 14.6 Å². The van der Waals surface area contributed by atoms with Gasteiger partial charge >= 0.3 is 11.9 Å². The maximum absolute atomic E-state index is 13.3. The number of fused-ring (bicyclic) bond motifs is 1. The van der Waals surface area contributed by atoms with Crippen LogP contribution in [0.15, 0.2) is 65.7 Å². The molecule has 0 radical (unpaired) electrons. The van der Waals surface area contributed by atoms with Gasteiger partial charge in [-0.3, -0.25) is 14.2 Å². The molecule has 4 rings (SSSR count). The minimum Gasteiger partial charge on any atom is -0.465 e. The lowest BCUT2D eigenvalue weighted by atomic mass is 10.2. The summed E-state index contributed by atoms with van der Waals surface area (Å²) in [4.78, 5) is 55.6. The van der Waals surface area contributed by atoms with Crippen molar-refractivity contribution in [2.45, 2.75) is 26.5 Å². The summed E-state index contributed by atoms with van der Waals surface area (Å²) < 4.78 is 11.3. The van der Waals surface area contributed by atoms with Crippen LogP contribution in [-0.4, -0.2) is 34.5 Å². The summed E-state index contributed by atoms with van der Waals surface area (Å²) in [5, 5.41) is 2.96. The Kier molecular flexibility index (Phi) is 7.25. The zero-order valence-corrected chi connectivity index (χ0v) is 20.6. The number of rotatable bonds is 7. The summed E-state index contributed by atoms with van der Waals surface area (Å²) in [6, 6.07) is 14.7.